The molecule has 0 aromatic carbocycles. The van der Waals surface area contributed by atoms with Gasteiger partial charge in [0.1, 0.15) is 5.75 Å². The summed E-state index contributed by atoms with van der Waals surface area (Å²) in [4.78, 5) is 6.63. The molecule has 1 aliphatic heterocycles. The maximum absolute atomic E-state index is 9.86. The summed E-state index contributed by atoms with van der Waals surface area (Å²) < 4.78 is 0. The number of hydrogen-bond donors (Lipinski definition) is 2. The first-order valence-corrected chi connectivity index (χ1v) is 7.64. The van der Waals surface area contributed by atoms with Crippen LogP contribution in [0.3, 0.4) is 0 Å². The van der Waals surface area contributed by atoms with Crippen LogP contribution in [0.15, 0.2) is 30.5 Å². The van der Waals surface area contributed by atoms with Crippen LogP contribution in [0.2, 0.25) is 0 Å². The van der Waals surface area contributed by atoms with E-state index >= 15 is 0 Å². The van der Waals surface area contributed by atoms with Gasteiger partial charge in [-0.3, -0.25) is 4.98 Å². The van der Waals surface area contributed by atoms with Gasteiger partial charge in [-0.25, -0.2) is 0 Å². The van der Waals surface area contributed by atoms with Crippen molar-refractivity contribution in [1.29, 1.82) is 0 Å². The molecule has 1 atom stereocenters. The average molecular weight is 299 g/mol. The summed E-state index contributed by atoms with van der Waals surface area (Å²) in [5.41, 5.74) is 1.62. The van der Waals surface area contributed by atoms with Gasteiger partial charge in [0.25, 0.3) is 0 Å². The highest BCUT2D eigenvalue weighted by molar-refractivity contribution is 5.37. The van der Waals surface area contributed by atoms with Crippen molar-refractivity contribution in [3.8, 4) is 5.75 Å². The van der Waals surface area contributed by atoms with Crippen LogP contribution in [-0.2, 0) is 6.54 Å². The molecule has 116 valence electrons. The predicted octanol–water partition coefficient (Wildman–Crippen LogP) is 1.64. The summed E-state index contributed by atoms with van der Waals surface area (Å²) in [6, 6.07) is 7.77. The first kappa shape index (κ1) is 14.7. The fourth-order valence-corrected chi connectivity index (χ4v) is 2.79. The fraction of sp³-hybridized carbons (Fsp3) is 0.438. The molecule has 1 saturated heterocycles. The van der Waals surface area contributed by atoms with Crippen molar-refractivity contribution >= 4 is 5.82 Å². The van der Waals surface area contributed by atoms with Crippen LogP contribution in [0.25, 0.3) is 0 Å². The van der Waals surface area contributed by atoms with Crippen LogP contribution in [0.1, 0.15) is 24.2 Å². The van der Waals surface area contributed by atoms with Crippen LogP contribution in [-0.4, -0.2) is 39.4 Å². The van der Waals surface area contributed by atoms with E-state index in [0.717, 1.165) is 37.4 Å². The third-order valence-electron chi connectivity index (χ3n) is 3.95. The minimum Gasteiger partial charge on any atom is -0.506 e. The molecule has 0 aliphatic carbocycles. The van der Waals surface area contributed by atoms with E-state index in [4.69, 9.17) is 0 Å². The Bertz CT molecular complexity index is 619. The zero-order valence-electron chi connectivity index (χ0n) is 12.7. The third kappa shape index (κ3) is 3.51. The topological polar surface area (TPSA) is 74.2 Å². The number of piperidine rings is 1. The molecule has 2 aromatic heterocycles. The highest BCUT2D eigenvalue weighted by atomic mass is 16.3. The number of nitrogens with one attached hydrogen (secondary N) is 1. The first-order valence-electron chi connectivity index (χ1n) is 7.64. The summed E-state index contributed by atoms with van der Waals surface area (Å²) in [7, 11) is 0. The Morgan fingerprint density at radius 1 is 1.36 bits per heavy atom. The van der Waals surface area contributed by atoms with Gasteiger partial charge in [-0.15, -0.1) is 5.10 Å². The van der Waals surface area contributed by atoms with Crippen molar-refractivity contribution in [2.24, 2.45) is 0 Å². The molecule has 2 aromatic rings. The molecule has 6 nitrogen and oxygen atoms in total. The van der Waals surface area contributed by atoms with E-state index < -0.39 is 0 Å². The van der Waals surface area contributed by atoms with Gasteiger partial charge in [-0.1, -0.05) is 0 Å². The lowest BCUT2D eigenvalue weighted by Crippen LogP contribution is -2.45. The second-order valence-corrected chi connectivity index (χ2v) is 5.67. The normalized spacial score (nSPS) is 18.4. The van der Waals surface area contributed by atoms with Gasteiger partial charge in [0.05, 0.1) is 5.69 Å². The summed E-state index contributed by atoms with van der Waals surface area (Å²) in [5, 5.41) is 21.5. The van der Waals surface area contributed by atoms with Crippen LogP contribution in [0, 0.1) is 6.92 Å². The van der Waals surface area contributed by atoms with Crippen molar-refractivity contribution in [2.45, 2.75) is 32.4 Å². The van der Waals surface area contributed by atoms with E-state index in [1.165, 1.54) is 0 Å². The average Bonchev–Trinajstić information content (AvgIpc) is 2.57. The van der Waals surface area contributed by atoms with E-state index in [0.29, 0.717) is 18.3 Å². The molecule has 0 radical (unpaired) electrons. The molecule has 3 rings (SSSR count). The lowest BCUT2D eigenvalue weighted by Gasteiger charge is -2.33. The SMILES string of the molecule is Cc1ccc(O)c(CN[C@@H]2CCCN(c3cccnn3)C2)n1. The number of nitrogens with zero attached hydrogens (tertiary/aromatic N) is 4. The number of rotatable bonds is 4. The zero-order chi connectivity index (χ0) is 15.4. The van der Waals surface area contributed by atoms with Gasteiger partial charge in [-0.05, 0) is 44.0 Å². The molecule has 6 heteroatoms. The Balaban J connectivity index is 1.60. The van der Waals surface area contributed by atoms with Crippen LogP contribution >= 0.6 is 0 Å². The molecule has 2 N–H and O–H groups in total. The van der Waals surface area contributed by atoms with Gasteiger partial charge >= 0.3 is 0 Å². The molecule has 22 heavy (non-hydrogen) atoms. The number of aryl methyl sites for hydroxylation is 1. The number of aromatic hydroxyl groups is 1. The van der Waals surface area contributed by atoms with E-state index in [1.807, 2.05) is 25.1 Å². The Morgan fingerprint density at radius 2 is 2.27 bits per heavy atom. The maximum Gasteiger partial charge on any atom is 0.151 e. The van der Waals surface area contributed by atoms with Gasteiger partial charge < -0.3 is 15.3 Å². The lowest BCUT2D eigenvalue weighted by molar-refractivity contribution is 0.407. The smallest absolute Gasteiger partial charge is 0.151 e. The van der Waals surface area contributed by atoms with Crippen LogP contribution < -0.4 is 10.2 Å². The summed E-state index contributed by atoms with van der Waals surface area (Å²) in [5.74, 6) is 1.17. The molecular formula is C16H21N5O. The number of hydrogen-bond acceptors (Lipinski definition) is 6. The molecule has 0 spiro atoms. The Labute approximate surface area is 130 Å². The summed E-state index contributed by atoms with van der Waals surface area (Å²) >= 11 is 0. The molecule has 0 amide bonds. The van der Waals surface area contributed by atoms with E-state index in [-0.39, 0.29) is 5.75 Å². The molecular weight excluding hydrogens is 278 g/mol. The van der Waals surface area contributed by atoms with Crippen LogP contribution in [0.4, 0.5) is 5.82 Å². The van der Waals surface area contributed by atoms with Gasteiger partial charge in [-0.2, -0.15) is 5.10 Å². The second kappa shape index (κ2) is 6.70. The number of aromatic nitrogens is 3. The second-order valence-electron chi connectivity index (χ2n) is 5.67. The Morgan fingerprint density at radius 3 is 3.09 bits per heavy atom. The molecule has 1 aliphatic rings. The summed E-state index contributed by atoms with van der Waals surface area (Å²) in [6.07, 6.45) is 3.92. The minimum absolute atomic E-state index is 0.250. The first-order chi connectivity index (χ1) is 10.7. The van der Waals surface area contributed by atoms with Crippen molar-refractivity contribution in [2.75, 3.05) is 18.0 Å². The van der Waals surface area contributed by atoms with E-state index in [9.17, 15) is 5.11 Å². The monoisotopic (exact) mass is 299 g/mol. The lowest BCUT2D eigenvalue weighted by atomic mass is 10.1. The molecule has 0 unspecified atom stereocenters. The fourth-order valence-electron chi connectivity index (χ4n) is 2.79. The number of anilines is 1. The molecule has 3 heterocycles. The number of pyridine rings is 1. The van der Waals surface area contributed by atoms with Gasteiger partial charge in [0.15, 0.2) is 5.82 Å². The van der Waals surface area contributed by atoms with Crippen molar-refractivity contribution in [1.82, 2.24) is 20.5 Å². The van der Waals surface area contributed by atoms with Crippen molar-refractivity contribution in [3.63, 3.8) is 0 Å². The van der Waals surface area contributed by atoms with Crippen molar-refractivity contribution < 1.29 is 5.11 Å². The molecule has 1 fully saturated rings. The third-order valence-corrected chi connectivity index (χ3v) is 3.95. The standard InChI is InChI=1S/C16H21N5O/c1-12-6-7-15(22)14(19-12)10-17-13-4-3-9-21(11-13)16-5-2-8-18-20-16/h2,5-8,13,17,22H,3-4,9-11H2,1H3/t13-/m1/s1. The highest BCUT2D eigenvalue weighted by Crippen LogP contribution is 2.18. The molecule has 0 bridgehead atoms. The van der Waals surface area contributed by atoms with E-state index in [2.05, 4.69) is 25.4 Å². The van der Waals surface area contributed by atoms with Crippen LogP contribution in [0.5, 0.6) is 5.75 Å². The Hall–Kier alpha value is -2.21. The zero-order valence-corrected chi connectivity index (χ0v) is 12.7. The highest BCUT2D eigenvalue weighted by Gasteiger charge is 2.21. The quantitative estimate of drug-likeness (QED) is 0.894. The van der Waals surface area contributed by atoms with Gasteiger partial charge in [0.2, 0.25) is 0 Å². The molecule has 0 saturated carbocycles. The predicted molar refractivity (Wildman–Crippen MR) is 84.7 cm³/mol. The maximum atomic E-state index is 9.86. The Kier molecular flexibility index (Phi) is 4.48. The van der Waals surface area contributed by atoms with Gasteiger partial charge in [0, 0.05) is 37.6 Å². The largest absolute Gasteiger partial charge is 0.506 e. The van der Waals surface area contributed by atoms with Crippen molar-refractivity contribution in [3.05, 3.63) is 41.9 Å². The minimum atomic E-state index is 0.250. The summed E-state index contributed by atoms with van der Waals surface area (Å²) in [6.45, 7) is 4.40. The van der Waals surface area contributed by atoms with E-state index in [1.54, 1.807) is 12.3 Å².